The fraction of sp³-hybridized carbons (Fsp3) is 0.933. The second kappa shape index (κ2) is 3.50. The van der Waals surface area contributed by atoms with Crippen molar-refractivity contribution < 1.29 is 4.79 Å². The predicted molar refractivity (Wildman–Crippen MR) is 69.8 cm³/mol. The summed E-state index contributed by atoms with van der Waals surface area (Å²) in [6.07, 6.45) is 9.86. The molecule has 0 aromatic heterocycles. The molecule has 0 aromatic carbocycles. The maximum Gasteiger partial charge on any atom is 0.223 e. The van der Waals surface area contributed by atoms with Gasteiger partial charge < -0.3 is 11.1 Å². The third-order valence-electron chi connectivity index (χ3n) is 5.95. The molecular formula is C15H24N2O. The molecule has 100 valence electrons. The number of carbonyl (C=O) groups excluding carboxylic acids is 1. The fourth-order valence-electron chi connectivity index (χ4n) is 5.55. The van der Waals surface area contributed by atoms with Crippen LogP contribution in [0.3, 0.4) is 0 Å². The zero-order chi connectivity index (χ0) is 12.4. The number of hydrogen-bond donors (Lipinski definition) is 2. The van der Waals surface area contributed by atoms with E-state index in [-0.39, 0.29) is 5.54 Å². The van der Waals surface area contributed by atoms with Crippen LogP contribution in [0.4, 0.5) is 0 Å². The van der Waals surface area contributed by atoms with Gasteiger partial charge in [0, 0.05) is 11.5 Å². The molecule has 5 fully saturated rings. The van der Waals surface area contributed by atoms with E-state index in [0.29, 0.717) is 17.2 Å². The number of nitrogens with two attached hydrogens (primary N) is 1. The number of nitrogens with one attached hydrogen (secondary N) is 1. The van der Waals surface area contributed by atoms with Gasteiger partial charge in [-0.2, -0.15) is 0 Å². The SMILES string of the molecule is NCC12CC3CC(C1)CC(NC(=O)C1CC1)(C3)C2. The van der Waals surface area contributed by atoms with Gasteiger partial charge in [0.2, 0.25) is 5.91 Å². The second-order valence-corrected chi connectivity index (χ2v) is 7.71. The molecule has 0 aliphatic heterocycles. The van der Waals surface area contributed by atoms with Gasteiger partial charge in [-0.05, 0) is 75.2 Å². The van der Waals surface area contributed by atoms with Crippen LogP contribution in [0.2, 0.25) is 0 Å². The zero-order valence-corrected chi connectivity index (χ0v) is 11.1. The first-order chi connectivity index (χ1) is 8.62. The van der Waals surface area contributed by atoms with Crippen molar-refractivity contribution in [1.29, 1.82) is 0 Å². The second-order valence-electron chi connectivity index (χ2n) is 7.71. The third-order valence-corrected chi connectivity index (χ3v) is 5.95. The summed E-state index contributed by atoms with van der Waals surface area (Å²) in [6.45, 7) is 0.820. The smallest absolute Gasteiger partial charge is 0.223 e. The number of amides is 1. The van der Waals surface area contributed by atoms with Crippen LogP contribution >= 0.6 is 0 Å². The highest BCUT2D eigenvalue weighted by molar-refractivity contribution is 5.81. The minimum Gasteiger partial charge on any atom is -0.350 e. The van der Waals surface area contributed by atoms with E-state index in [0.717, 1.165) is 37.6 Å². The topological polar surface area (TPSA) is 55.1 Å². The van der Waals surface area contributed by atoms with E-state index in [2.05, 4.69) is 5.32 Å². The Labute approximate surface area is 109 Å². The highest BCUT2D eigenvalue weighted by Crippen LogP contribution is 2.61. The van der Waals surface area contributed by atoms with E-state index in [1.165, 1.54) is 32.1 Å². The molecule has 2 unspecified atom stereocenters. The summed E-state index contributed by atoms with van der Waals surface area (Å²) in [7, 11) is 0. The van der Waals surface area contributed by atoms with E-state index in [1.54, 1.807) is 0 Å². The largest absolute Gasteiger partial charge is 0.350 e. The molecule has 2 atom stereocenters. The molecule has 5 saturated carbocycles. The minimum absolute atomic E-state index is 0.128. The van der Waals surface area contributed by atoms with Crippen LogP contribution < -0.4 is 11.1 Å². The summed E-state index contributed by atoms with van der Waals surface area (Å²) in [4.78, 5) is 12.1. The lowest BCUT2D eigenvalue weighted by Crippen LogP contribution is -2.64. The maximum atomic E-state index is 12.1. The number of hydrogen-bond acceptors (Lipinski definition) is 2. The molecule has 3 nitrogen and oxygen atoms in total. The summed E-state index contributed by atoms with van der Waals surface area (Å²) < 4.78 is 0. The van der Waals surface area contributed by atoms with E-state index in [4.69, 9.17) is 5.73 Å². The van der Waals surface area contributed by atoms with Gasteiger partial charge in [0.15, 0.2) is 0 Å². The first kappa shape index (κ1) is 11.3. The van der Waals surface area contributed by atoms with Gasteiger partial charge in [0.05, 0.1) is 0 Å². The Balaban J connectivity index is 1.58. The van der Waals surface area contributed by atoms with Crippen molar-refractivity contribution in [2.75, 3.05) is 6.54 Å². The molecule has 5 aliphatic carbocycles. The Bertz CT molecular complexity index is 374. The van der Waals surface area contributed by atoms with E-state index >= 15 is 0 Å². The summed E-state index contributed by atoms with van der Waals surface area (Å²) in [5.41, 5.74) is 6.57. The lowest BCUT2D eigenvalue weighted by atomic mass is 9.47. The summed E-state index contributed by atoms with van der Waals surface area (Å²) in [6, 6.07) is 0. The van der Waals surface area contributed by atoms with Gasteiger partial charge in [-0.3, -0.25) is 4.79 Å². The lowest BCUT2D eigenvalue weighted by Gasteiger charge is -2.62. The highest BCUT2D eigenvalue weighted by atomic mass is 16.2. The zero-order valence-electron chi connectivity index (χ0n) is 11.1. The van der Waals surface area contributed by atoms with Crippen LogP contribution in [0.5, 0.6) is 0 Å². The predicted octanol–water partition coefficient (Wildman–Crippen LogP) is 1.81. The van der Waals surface area contributed by atoms with Crippen molar-refractivity contribution in [3.63, 3.8) is 0 Å². The van der Waals surface area contributed by atoms with Crippen molar-refractivity contribution in [2.24, 2.45) is 28.9 Å². The molecule has 5 rings (SSSR count). The Morgan fingerprint density at radius 2 is 1.83 bits per heavy atom. The molecular weight excluding hydrogens is 224 g/mol. The molecule has 3 N–H and O–H groups in total. The molecule has 0 saturated heterocycles. The average Bonchev–Trinajstić information content (AvgIpc) is 3.10. The lowest BCUT2D eigenvalue weighted by molar-refractivity contribution is -0.131. The molecule has 0 heterocycles. The maximum absolute atomic E-state index is 12.1. The summed E-state index contributed by atoms with van der Waals surface area (Å²) >= 11 is 0. The molecule has 18 heavy (non-hydrogen) atoms. The average molecular weight is 248 g/mol. The van der Waals surface area contributed by atoms with Crippen LogP contribution in [0, 0.1) is 23.2 Å². The highest BCUT2D eigenvalue weighted by Gasteiger charge is 2.57. The normalized spacial score (nSPS) is 49.4. The standard InChI is InChI=1S/C15H24N2O/c16-9-14-4-10-3-11(5-14)7-15(6-10,8-14)17-13(18)12-1-2-12/h10-12H,1-9,16H2,(H,17,18). The van der Waals surface area contributed by atoms with Crippen LogP contribution in [0.25, 0.3) is 0 Å². The molecule has 0 radical (unpaired) electrons. The van der Waals surface area contributed by atoms with Crippen molar-refractivity contribution in [3.8, 4) is 0 Å². The van der Waals surface area contributed by atoms with Gasteiger partial charge >= 0.3 is 0 Å². The van der Waals surface area contributed by atoms with Crippen LogP contribution in [-0.4, -0.2) is 18.0 Å². The van der Waals surface area contributed by atoms with Gasteiger partial charge in [-0.15, -0.1) is 0 Å². The van der Waals surface area contributed by atoms with Crippen LogP contribution in [0.15, 0.2) is 0 Å². The monoisotopic (exact) mass is 248 g/mol. The van der Waals surface area contributed by atoms with E-state index < -0.39 is 0 Å². The summed E-state index contributed by atoms with van der Waals surface area (Å²) in [5.74, 6) is 2.33. The van der Waals surface area contributed by atoms with Crippen molar-refractivity contribution in [2.45, 2.75) is 56.9 Å². The first-order valence-electron chi connectivity index (χ1n) is 7.64. The van der Waals surface area contributed by atoms with Crippen LogP contribution in [0.1, 0.15) is 51.4 Å². The Kier molecular flexibility index (Phi) is 2.19. The third kappa shape index (κ3) is 1.63. The van der Waals surface area contributed by atoms with Gasteiger partial charge in [0.25, 0.3) is 0 Å². The Morgan fingerprint density at radius 3 is 2.39 bits per heavy atom. The molecule has 5 aliphatic rings. The molecule has 0 spiro atoms. The quantitative estimate of drug-likeness (QED) is 0.800. The van der Waals surface area contributed by atoms with Gasteiger partial charge in [0.1, 0.15) is 0 Å². The Hall–Kier alpha value is -0.570. The fourth-order valence-corrected chi connectivity index (χ4v) is 5.55. The van der Waals surface area contributed by atoms with E-state index in [9.17, 15) is 4.79 Å². The van der Waals surface area contributed by atoms with Gasteiger partial charge in [-0.1, -0.05) is 0 Å². The van der Waals surface area contributed by atoms with Crippen molar-refractivity contribution in [3.05, 3.63) is 0 Å². The van der Waals surface area contributed by atoms with Crippen LogP contribution in [-0.2, 0) is 4.79 Å². The molecule has 3 heteroatoms. The molecule has 0 aromatic rings. The number of carbonyl (C=O) groups is 1. The van der Waals surface area contributed by atoms with Gasteiger partial charge in [-0.25, -0.2) is 0 Å². The van der Waals surface area contributed by atoms with E-state index in [1.807, 2.05) is 0 Å². The van der Waals surface area contributed by atoms with Crippen molar-refractivity contribution >= 4 is 5.91 Å². The van der Waals surface area contributed by atoms with Crippen molar-refractivity contribution in [1.82, 2.24) is 5.32 Å². The Morgan fingerprint density at radius 1 is 1.17 bits per heavy atom. The minimum atomic E-state index is 0.128. The number of rotatable bonds is 3. The molecule has 1 amide bonds. The molecule has 4 bridgehead atoms. The summed E-state index contributed by atoms with van der Waals surface area (Å²) in [5, 5.41) is 3.45. The first-order valence-corrected chi connectivity index (χ1v) is 7.64.